The zero-order valence-electron chi connectivity index (χ0n) is 11.2. The molecule has 1 aromatic carbocycles. The third-order valence-corrected chi connectivity index (χ3v) is 3.20. The Morgan fingerprint density at radius 1 is 1.33 bits per heavy atom. The number of benzene rings is 1. The van der Waals surface area contributed by atoms with E-state index in [0.29, 0.717) is 13.2 Å². The molecule has 0 amide bonds. The first-order valence-electron chi connectivity index (χ1n) is 6.30. The summed E-state index contributed by atoms with van der Waals surface area (Å²) in [6.45, 7) is 7.06. The van der Waals surface area contributed by atoms with E-state index < -0.39 is 0 Å². The number of hydrogen-bond donors (Lipinski definition) is 0. The van der Waals surface area contributed by atoms with Crippen molar-refractivity contribution in [1.29, 1.82) is 0 Å². The Hall–Kier alpha value is -1.35. The molecule has 0 aliphatic carbocycles. The maximum Gasteiger partial charge on any atom is 0.314 e. The van der Waals surface area contributed by atoms with Crippen molar-refractivity contribution < 1.29 is 14.3 Å². The van der Waals surface area contributed by atoms with Crippen molar-refractivity contribution in [2.45, 2.75) is 33.5 Å². The van der Waals surface area contributed by atoms with Crippen LogP contribution in [0.2, 0.25) is 0 Å². The molecule has 1 aliphatic rings. The molecule has 1 saturated heterocycles. The van der Waals surface area contributed by atoms with Gasteiger partial charge < -0.3 is 9.47 Å². The highest BCUT2D eigenvalue weighted by atomic mass is 16.6. The van der Waals surface area contributed by atoms with Crippen LogP contribution >= 0.6 is 0 Å². The third kappa shape index (κ3) is 2.91. The lowest BCUT2D eigenvalue weighted by Crippen LogP contribution is -2.52. The average Bonchev–Trinajstić information content (AvgIpc) is 2.24. The number of carbonyl (C=O) groups excluding carboxylic acids is 1. The van der Waals surface area contributed by atoms with E-state index in [1.807, 2.05) is 30.3 Å². The van der Waals surface area contributed by atoms with Crippen molar-refractivity contribution in [2.75, 3.05) is 6.61 Å². The first-order valence-corrected chi connectivity index (χ1v) is 6.30. The number of carbonyl (C=O) groups is 1. The second-order valence-electron chi connectivity index (χ2n) is 5.82. The van der Waals surface area contributed by atoms with Gasteiger partial charge in [-0.15, -0.1) is 0 Å². The lowest BCUT2D eigenvalue weighted by molar-refractivity contribution is -0.198. The summed E-state index contributed by atoms with van der Waals surface area (Å²) in [6.07, 6.45) is -0.0271. The molecule has 1 aliphatic heterocycles. The van der Waals surface area contributed by atoms with E-state index in [-0.39, 0.29) is 23.4 Å². The van der Waals surface area contributed by atoms with E-state index in [2.05, 4.69) is 20.8 Å². The van der Waals surface area contributed by atoms with Gasteiger partial charge in [-0.25, -0.2) is 0 Å². The van der Waals surface area contributed by atoms with Crippen molar-refractivity contribution in [3.8, 4) is 0 Å². The molecule has 3 nitrogen and oxygen atoms in total. The van der Waals surface area contributed by atoms with Gasteiger partial charge in [-0.05, 0) is 11.0 Å². The molecular formula is C15H20O3. The molecule has 2 rings (SSSR count). The van der Waals surface area contributed by atoms with Crippen LogP contribution < -0.4 is 0 Å². The van der Waals surface area contributed by atoms with Crippen LogP contribution in [0, 0.1) is 11.3 Å². The average molecular weight is 248 g/mol. The van der Waals surface area contributed by atoms with Crippen LogP contribution in [0.4, 0.5) is 0 Å². The lowest BCUT2D eigenvalue weighted by Gasteiger charge is -2.43. The summed E-state index contributed by atoms with van der Waals surface area (Å²) in [7, 11) is 0. The summed E-state index contributed by atoms with van der Waals surface area (Å²) >= 11 is 0. The van der Waals surface area contributed by atoms with E-state index in [0.717, 1.165) is 5.56 Å². The van der Waals surface area contributed by atoms with Gasteiger partial charge in [0.15, 0.2) is 0 Å². The van der Waals surface area contributed by atoms with E-state index >= 15 is 0 Å². The summed E-state index contributed by atoms with van der Waals surface area (Å²) in [6, 6.07) is 9.72. The molecule has 0 radical (unpaired) electrons. The minimum Gasteiger partial charge on any atom is -0.460 e. The van der Waals surface area contributed by atoms with E-state index in [1.54, 1.807) is 0 Å². The smallest absolute Gasteiger partial charge is 0.314 e. The van der Waals surface area contributed by atoms with Gasteiger partial charge in [0.25, 0.3) is 0 Å². The Bertz CT molecular complexity index is 405. The Morgan fingerprint density at radius 3 is 2.50 bits per heavy atom. The highest BCUT2D eigenvalue weighted by molar-refractivity contribution is 5.74. The minimum absolute atomic E-state index is 0.0192. The summed E-state index contributed by atoms with van der Waals surface area (Å²) in [5.74, 6) is -0.265. The van der Waals surface area contributed by atoms with E-state index in [9.17, 15) is 4.79 Å². The normalized spacial score (nSPS) is 23.3. The first-order chi connectivity index (χ1) is 8.48. The molecular weight excluding hydrogens is 228 g/mol. The summed E-state index contributed by atoms with van der Waals surface area (Å²) in [4.78, 5) is 12.0. The van der Waals surface area contributed by atoms with Gasteiger partial charge in [-0.2, -0.15) is 0 Å². The number of hydrogen-bond acceptors (Lipinski definition) is 3. The van der Waals surface area contributed by atoms with Gasteiger partial charge in [0.2, 0.25) is 0 Å². The molecule has 0 spiro atoms. The fourth-order valence-electron chi connectivity index (χ4n) is 2.17. The molecule has 0 N–H and O–H groups in total. The summed E-state index contributed by atoms with van der Waals surface area (Å²) < 4.78 is 10.8. The maximum atomic E-state index is 12.0. The predicted octanol–water partition coefficient (Wildman–Crippen LogP) is 2.79. The topological polar surface area (TPSA) is 35.5 Å². The molecule has 3 heteroatoms. The van der Waals surface area contributed by atoms with Crippen molar-refractivity contribution in [2.24, 2.45) is 11.3 Å². The van der Waals surface area contributed by atoms with Crippen LogP contribution in [-0.4, -0.2) is 18.7 Å². The van der Waals surface area contributed by atoms with Crippen LogP contribution in [0.1, 0.15) is 26.3 Å². The van der Waals surface area contributed by atoms with Crippen molar-refractivity contribution >= 4 is 5.97 Å². The van der Waals surface area contributed by atoms with Crippen LogP contribution in [0.3, 0.4) is 0 Å². The monoisotopic (exact) mass is 248 g/mol. The van der Waals surface area contributed by atoms with Crippen LogP contribution in [-0.2, 0) is 20.9 Å². The van der Waals surface area contributed by atoms with E-state index in [4.69, 9.17) is 9.47 Å². The van der Waals surface area contributed by atoms with Gasteiger partial charge in [-0.3, -0.25) is 4.79 Å². The fraction of sp³-hybridized carbons (Fsp3) is 0.533. The molecule has 1 aromatic rings. The SMILES string of the molecule is CC(C)(C)C1OCC1C(=O)OCc1ccccc1. The number of esters is 1. The highest BCUT2D eigenvalue weighted by Crippen LogP contribution is 2.36. The fourth-order valence-corrected chi connectivity index (χ4v) is 2.17. The Labute approximate surface area is 108 Å². The second-order valence-corrected chi connectivity index (χ2v) is 5.82. The number of rotatable bonds is 3. The highest BCUT2D eigenvalue weighted by Gasteiger charge is 2.45. The van der Waals surface area contributed by atoms with Gasteiger partial charge in [-0.1, -0.05) is 51.1 Å². The molecule has 98 valence electrons. The van der Waals surface area contributed by atoms with Crippen LogP contribution in [0.5, 0.6) is 0 Å². The second kappa shape index (κ2) is 5.11. The van der Waals surface area contributed by atoms with Gasteiger partial charge in [0, 0.05) is 0 Å². The maximum absolute atomic E-state index is 12.0. The van der Waals surface area contributed by atoms with Crippen molar-refractivity contribution in [3.63, 3.8) is 0 Å². The van der Waals surface area contributed by atoms with Crippen LogP contribution in [0.25, 0.3) is 0 Å². The molecule has 0 aromatic heterocycles. The lowest BCUT2D eigenvalue weighted by atomic mass is 9.78. The molecule has 0 saturated carbocycles. The molecule has 2 unspecified atom stereocenters. The summed E-state index contributed by atoms with van der Waals surface area (Å²) in [5.41, 5.74) is 0.993. The quantitative estimate of drug-likeness (QED) is 0.772. The van der Waals surface area contributed by atoms with E-state index in [1.165, 1.54) is 0 Å². The van der Waals surface area contributed by atoms with Gasteiger partial charge in [0.05, 0.1) is 12.7 Å². The zero-order chi connectivity index (χ0) is 13.2. The Kier molecular flexibility index (Phi) is 3.71. The Balaban J connectivity index is 1.86. The molecule has 1 heterocycles. The zero-order valence-corrected chi connectivity index (χ0v) is 11.2. The van der Waals surface area contributed by atoms with Crippen LogP contribution in [0.15, 0.2) is 30.3 Å². The van der Waals surface area contributed by atoms with Gasteiger partial charge >= 0.3 is 5.97 Å². The third-order valence-electron chi connectivity index (χ3n) is 3.20. The molecule has 1 fully saturated rings. The van der Waals surface area contributed by atoms with Crippen molar-refractivity contribution in [3.05, 3.63) is 35.9 Å². The largest absolute Gasteiger partial charge is 0.460 e. The number of ether oxygens (including phenoxy) is 2. The molecule has 18 heavy (non-hydrogen) atoms. The summed E-state index contributed by atoms with van der Waals surface area (Å²) in [5, 5.41) is 0. The molecule has 0 bridgehead atoms. The minimum atomic E-state index is -0.148. The Morgan fingerprint density at radius 2 is 2.00 bits per heavy atom. The first kappa shape index (κ1) is 13.1. The van der Waals surface area contributed by atoms with Gasteiger partial charge in [0.1, 0.15) is 12.5 Å². The standard InChI is InChI=1S/C15H20O3/c1-15(2,3)13-12(10-17-13)14(16)18-9-11-7-5-4-6-8-11/h4-8,12-13H,9-10H2,1-3H3. The predicted molar refractivity (Wildman–Crippen MR) is 68.9 cm³/mol. The molecule has 2 atom stereocenters. The van der Waals surface area contributed by atoms with Crippen molar-refractivity contribution in [1.82, 2.24) is 0 Å².